The summed E-state index contributed by atoms with van der Waals surface area (Å²) in [6.45, 7) is 0. The third-order valence-electron chi connectivity index (χ3n) is 2.83. The second-order valence-electron chi connectivity index (χ2n) is 3.87. The molecule has 1 aromatic rings. The van der Waals surface area contributed by atoms with Crippen molar-refractivity contribution in [2.24, 2.45) is 12.8 Å². The van der Waals surface area contributed by atoms with Crippen LogP contribution in [-0.2, 0) is 12.6 Å². The Bertz CT molecular complexity index is 310. The number of aromatic nitrogens is 2. The first-order chi connectivity index (χ1) is 6.12. The largest absolute Gasteiger partial charge is 0.384 e. The van der Waals surface area contributed by atoms with Crippen molar-refractivity contribution < 1.29 is 5.11 Å². The highest BCUT2D eigenvalue weighted by molar-refractivity contribution is 5.14. The Morgan fingerprint density at radius 2 is 2.54 bits per heavy atom. The van der Waals surface area contributed by atoms with Gasteiger partial charge >= 0.3 is 0 Å². The Morgan fingerprint density at radius 1 is 1.77 bits per heavy atom. The van der Waals surface area contributed by atoms with Gasteiger partial charge in [-0.1, -0.05) is 0 Å². The van der Waals surface area contributed by atoms with Gasteiger partial charge in [-0.05, 0) is 25.3 Å². The van der Waals surface area contributed by atoms with Crippen LogP contribution in [-0.4, -0.2) is 20.9 Å². The molecule has 4 nitrogen and oxygen atoms in total. The molecular weight excluding hydrogens is 166 g/mol. The number of hydrogen-bond donors (Lipinski definition) is 2. The van der Waals surface area contributed by atoms with Crippen LogP contribution in [0, 0.1) is 0 Å². The van der Waals surface area contributed by atoms with Crippen LogP contribution in [0.2, 0.25) is 0 Å². The van der Waals surface area contributed by atoms with Crippen LogP contribution < -0.4 is 5.73 Å². The zero-order chi connectivity index (χ0) is 9.47. The standard InChI is InChI=1S/C9H15N3O/c1-12-8(3-5-11-12)9(13)4-2-7(10)6-9/h3,5,7,13H,2,4,6,10H2,1H3. The van der Waals surface area contributed by atoms with Crippen LogP contribution in [0.25, 0.3) is 0 Å². The van der Waals surface area contributed by atoms with E-state index in [0.29, 0.717) is 6.42 Å². The minimum atomic E-state index is -0.745. The van der Waals surface area contributed by atoms with E-state index >= 15 is 0 Å². The normalized spacial score (nSPS) is 33.9. The summed E-state index contributed by atoms with van der Waals surface area (Å²) in [5.41, 5.74) is 5.91. The Kier molecular flexibility index (Phi) is 1.89. The van der Waals surface area contributed by atoms with Gasteiger partial charge in [0, 0.05) is 19.3 Å². The molecule has 1 heterocycles. The molecule has 0 bridgehead atoms. The third-order valence-corrected chi connectivity index (χ3v) is 2.83. The fraction of sp³-hybridized carbons (Fsp3) is 0.667. The lowest BCUT2D eigenvalue weighted by Crippen LogP contribution is -2.27. The molecule has 4 heteroatoms. The van der Waals surface area contributed by atoms with E-state index in [-0.39, 0.29) is 6.04 Å². The van der Waals surface area contributed by atoms with E-state index < -0.39 is 5.60 Å². The van der Waals surface area contributed by atoms with Crippen LogP contribution in [0.4, 0.5) is 0 Å². The lowest BCUT2D eigenvalue weighted by Gasteiger charge is -2.22. The Morgan fingerprint density at radius 3 is 3.00 bits per heavy atom. The molecule has 0 aliphatic heterocycles. The molecular formula is C9H15N3O. The lowest BCUT2D eigenvalue weighted by atomic mass is 9.98. The quantitative estimate of drug-likeness (QED) is 0.646. The van der Waals surface area contributed by atoms with Crippen molar-refractivity contribution in [3.63, 3.8) is 0 Å². The molecule has 2 unspecified atom stereocenters. The maximum Gasteiger partial charge on any atom is 0.108 e. The van der Waals surface area contributed by atoms with Crippen LogP contribution in [0.15, 0.2) is 12.3 Å². The predicted octanol–water partition coefficient (Wildman–Crippen LogP) is 0.119. The number of hydrogen-bond acceptors (Lipinski definition) is 3. The van der Waals surface area contributed by atoms with Crippen LogP contribution >= 0.6 is 0 Å². The summed E-state index contributed by atoms with van der Waals surface area (Å²) in [5, 5.41) is 14.3. The first-order valence-electron chi connectivity index (χ1n) is 4.58. The van der Waals surface area contributed by atoms with Gasteiger partial charge in [-0.3, -0.25) is 4.68 Å². The third kappa shape index (κ3) is 1.36. The van der Waals surface area contributed by atoms with Crippen molar-refractivity contribution in [3.05, 3.63) is 18.0 Å². The van der Waals surface area contributed by atoms with Gasteiger partial charge in [0.25, 0.3) is 0 Å². The molecule has 72 valence electrons. The van der Waals surface area contributed by atoms with Crippen molar-refractivity contribution >= 4 is 0 Å². The zero-order valence-electron chi connectivity index (χ0n) is 7.77. The fourth-order valence-electron chi connectivity index (χ4n) is 2.12. The van der Waals surface area contributed by atoms with Crippen molar-refractivity contribution in [1.29, 1.82) is 0 Å². The maximum atomic E-state index is 10.3. The van der Waals surface area contributed by atoms with E-state index in [1.165, 1.54) is 0 Å². The van der Waals surface area contributed by atoms with Crippen molar-refractivity contribution in [2.75, 3.05) is 0 Å². The SMILES string of the molecule is Cn1nccc1C1(O)CCC(N)C1. The average Bonchev–Trinajstić information content (AvgIpc) is 2.59. The van der Waals surface area contributed by atoms with Crippen molar-refractivity contribution in [3.8, 4) is 0 Å². The van der Waals surface area contributed by atoms with Gasteiger partial charge in [-0.15, -0.1) is 0 Å². The number of nitrogens with zero attached hydrogens (tertiary/aromatic N) is 2. The molecule has 0 radical (unpaired) electrons. The fourth-order valence-corrected chi connectivity index (χ4v) is 2.12. The first kappa shape index (κ1) is 8.72. The molecule has 0 aromatic carbocycles. The van der Waals surface area contributed by atoms with Gasteiger partial charge in [0.05, 0.1) is 5.69 Å². The van der Waals surface area contributed by atoms with E-state index in [1.54, 1.807) is 10.9 Å². The second kappa shape index (κ2) is 2.82. The molecule has 1 aliphatic carbocycles. The molecule has 0 saturated heterocycles. The summed E-state index contributed by atoms with van der Waals surface area (Å²) in [4.78, 5) is 0. The van der Waals surface area contributed by atoms with E-state index in [9.17, 15) is 5.11 Å². The second-order valence-corrected chi connectivity index (χ2v) is 3.87. The van der Waals surface area contributed by atoms with Crippen molar-refractivity contribution in [2.45, 2.75) is 30.9 Å². The molecule has 2 rings (SSSR count). The molecule has 1 fully saturated rings. The van der Waals surface area contributed by atoms with Crippen LogP contribution in [0.3, 0.4) is 0 Å². The van der Waals surface area contributed by atoms with Gasteiger partial charge in [0.2, 0.25) is 0 Å². The molecule has 2 atom stereocenters. The summed E-state index contributed by atoms with van der Waals surface area (Å²) in [5.74, 6) is 0. The topological polar surface area (TPSA) is 64.1 Å². The highest BCUT2D eigenvalue weighted by Gasteiger charge is 2.39. The van der Waals surface area contributed by atoms with E-state index in [1.807, 2.05) is 13.1 Å². The summed E-state index contributed by atoms with van der Waals surface area (Å²) >= 11 is 0. The summed E-state index contributed by atoms with van der Waals surface area (Å²) in [7, 11) is 1.84. The van der Waals surface area contributed by atoms with Gasteiger partial charge in [0.1, 0.15) is 5.60 Å². The Labute approximate surface area is 77.4 Å². The molecule has 1 aromatic heterocycles. The minimum Gasteiger partial charge on any atom is -0.384 e. The minimum absolute atomic E-state index is 0.125. The average molecular weight is 181 g/mol. The molecule has 1 saturated carbocycles. The smallest absolute Gasteiger partial charge is 0.108 e. The number of aryl methyl sites for hydroxylation is 1. The number of aliphatic hydroxyl groups is 1. The molecule has 0 amide bonds. The molecule has 0 spiro atoms. The zero-order valence-corrected chi connectivity index (χ0v) is 7.77. The molecule has 3 N–H and O–H groups in total. The summed E-state index contributed by atoms with van der Waals surface area (Å²) < 4.78 is 1.72. The number of nitrogens with two attached hydrogens (primary N) is 1. The van der Waals surface area contributed by atoms with Gasteiger partial charge in [-0.2, -0.15) is 5.10 Å². The molecule has 1 aliphatic rings. The van der Waals surface area contributed by atoms with Gasteiger partial charge in [0.15, 0.2) is 0 Å². The highest BCUT2D eigenvalue weighted by Crippen LogP contribution is 2.37. The summed E-state index contributed by atoms with van der Waals surface area (Å²) in [6, 6.07) is 1.98. The Hall–Kier alpha value is -0.870. The highest BCUT2D eigenvalue weighted by atomic mass is 16.3. The maximum absolute atomic E-state index is 10.3. The van der Waals surface area contributed by atoms with Crippen molar-refractivity contribution in [1.82, 2.24) is 9.78 Å². The van der Waals surface area contributed by atoms with Crippen LogP contribution in [0.5, 0.6) is 0 Å². The molecule has 13 heavy (non-hydrogen) atoms. The van der Waals surface area contributed by atoms with E-state index in [4.69, 9.17) is 5.73 Å². The van der Waals surface area contributed by atoms with Gasteiger partial charge < -0.3 is 10.8 Å². The predicted molar refractivity (Wildman–Crippen MR) is 48.9 cm³/mol. The van der Waals surface area contributed by atoms with Crippen LogP contribution in [0.1, 0.15) is 25.0 Å². The number of rotatable bonds is 1. The van der Waals surface area contributed by atoms with Gasteiger partial charge in [-0.25, -0.2) is 0 Å². The monoisotopic (exact) mass is 181 g/mol. The summed E-state index contributed by atoms with van der Waals surface area (Å²) in [6.07, 6.45) is 3.99. The Balaban J connectivity index is 2.30. The lowest BCUT2D eigenvalue weighted by molar-refractivity contribution is 0.0347. The first-order valence-corrected chi connectivity index (χ1v) is 4.58. The van der Waals surface area contributed by atoms with E-state index in [0.717, 1.165) is 18.5 Å². The van der Waals surface area contributed by atoms with E-state index in [2.05, 4.69) is 5.10 Å².